The molecule has 140 valence electrons. The summed E-state index contributed by atoms with van der Waals surface area (Å²) in [5.74, 6) is 0.856. The normalized spacial score (nSPS) is 10.7. The van der Waals surface area contributed by atoms with Crippen LogP contribution in [0, 0.1) is 6.92 Å². The van der Waals surface area contributed by atoms with E-state index < -0.39 is 0 Å². The van der Waals surface area contributed by atoms with Crippen LogP contribution >= 0.6 is 0 Å². The number of benzene rings is 2. The van der Waals surface area contributed by atoms with Gasteiger partial charge < -0.3 is 15.0 Å². The maximum Gasteiger partial charge on any atom is 0.251 e. The third kappa shape index (κ3) is 4.76. The highest BCUT2D eigenvalue weighted by molar-refractivity contribution is 5.80. The van der Waals surface area contributed by atoms with Gasteiger partial charge in [-0.1, -0.05) is 30.3 Å². The van der Waals surface area contributed by atoms with Crippen LogP contribution in [0.1, 0.15) is 23.1 Å². The number of hydrogen-bond donors (Lipinski definition) is 2. The smallest absolute Gasteiger partial charge is 0.251 e. The van der Waals surface area contributed by atoms with Crippen LogP contribution in [0.2, 0.25) is 0 Å². The number of ether oxygens (including phenoxy) is 1. The van der Waals surface area contributed by atoms with Crippen molar-refractivity contribution in [2.45, 2.75) is 26.2 Å². The molecule has 0 spiro atoms. The highest BCUT2D eigenvalue weighted by Gasteiger charge is 2.06. The summed E-state index contributed by atoms with van der Waals surface area (Å²) in [6.45, 7) is 2.37. The van der Waals surface area contributed by atoms with Crippen molar-refractivity contribution in [2.75, 3.05) is 13.7 Å². The summed E-state index contributed by atoms with van der Waals surface area (Å²) in [6.07, 6.45) is 1.77. The van der Waals surface area contributed by atoms with Crippen LogP contribution in [-0.4, -0.2) is 24.5 Å². The molecule has 2 aromatic carbocycles. The van der Waals surface area contributed by atoms with Crippen molar-refractivity contribution in [1.29, 1.82) is 0 Å². The fraction of sp³-hybridized carbons (Fsp3) is 0.273. The quantitative estimate of drug-likeness (QED) is 0.677. The maximum absolute atomic E-state index is 12.1. The van der Waals surface area contributed by atoms with Gasteiger partial charge in [-0.3, -0.25) is 9.59 Å². The van der Waals surface area contributed by atoms with Gasteiger partial charge in [-0.25, -0.2) is 0 Å². The van der Waals surface area contributed by atoms with E-state index >= 15 is 0 Å². The number of rotatable bonds is 7. The Morgan fingerprint density at radius 1 is 1.11 bits per heavy atom. The van der Waals surface area contributed by atoms with Crippen molar-refractivity contribution in [2.24, 2.45) is 0 Å². The molecule has 0 radical (unpaired) electrons. The van der Waals surface area contributed by atoms with Gasteiger partial charge in [0.1, 0.15) is 5.75 Å². The van der Waals surface area contributed by atoms with E-state index in [1.54, 1.807) is 14.0 Å². The third-order valence-electron chi connectivity index (χ3n) is 4.65. The number of aromatic nitrogens is 1. The summed E-state index contributed by atoms with van der Waals surface area (Å²) >= 11 is 0. The zero-order valence-electron chi connectivity index (χ0n) is 15.7. The monoisotopic (exact) mass is 364 g/mol. The van der Waals surface area contributed by atoms with Crippen LogP contribution in [-0.2, 0) is 17.6 Å². The molecular formula is C22H24N2O3. The molecule has 5 nitrogen and oxygen atoms in total. The van der Waals surface area contributed by atoms with Crippen LogP contribution in [0.15, 0.2) is 53.3 Å². The second kappa shape index (κ2) is 8.54. The lowest BCUT2D eigenvalue weighted by Crippen LogP contribution is -2.26. The molecule has 27 heavy (non-hydrogen) atoms. The lowest BCUT2D eigenvalue weighted by Gasteiger charge is -2.09. The molecule has 3 aromatic rings. The number of nitrogens with one attached hydrogen (secondary N) is 2. The van der Waals surface area contributed by atoms with E-state index in [1.165, 1.54) is 0 Å². The van der Waals surface area contributed by atoms with Crippen LogP contribution in [0.4, 0.5) is 0 Å². The standard InChI is InChI=1S/C22H24N2O3/c1-15-13-18-9-7-16(14-19(18)24-22(15)26)8-10-21(25)23-12-11-17-5-3-4-6-20(17)27-2/h3-7,9,13-14H,8,10-12H2,1-2H3,(H,23,25)(H,24,26). The highest BCUT2D eigenvalue weighted by atomic mass is 16.5. The molecule has 0 bridgehead atoms. The van der Waals surface area contributed by atoms with Gasteiger partial charge in [0.2, 0.25) is 5.91 Å². The number of aromatic amines is 1. The van der Waals surface area contributed by atoms with Crippen molar-refractivity contribution in [1.82, 2.24) is 10.3 Å². The minimum Gasteiger partial charge on any atom is -0.496 e. The number of hydrogen-bond acceptors (Lipinski definition) is 3. The number of para-hydroxylation sites is 1. The Hall–Kier alpha value is -3.08. The van der Waals surface area contributed by atoms with E-state index in [-0.39, 0.29) is 11.5 Å². The van der Waals surface area contributed by atoms with Gasteiger partial charge in [-0.15, -0.1) is 0 Å². The van der Waals surface area contributed by atoms with E-state index in [9.17, 15) is 9.59 Å². The van der Waals surface area contributed by atoms with E-state index in [0.29, 0.717) is 24.9 Å². The minimum atomic E-state index is -0.0752. The highest BCUT2D eigenvalue weighted by Crippen LogP contribution is 2.17. The fourth-order valence-electron chi connectivity index (χ4n) is 3.11. The van der Waals surface area contributed by atoms with Crippen LogP contribution in [0.5, 0.6) is 5.75 Å². The Balaban J connectivity index is 1.52. The summed E-state index contributed by atoms with van der Waals surface area (Å²) in [6, 6.07) is 15.6. The van der Waals surface area contributed by atoms with Crippen molar-refractivity contribution in [3.8, 4) is 5.75 Å². The molecule has 3 rings (SSSR count). The Kier molecular flexibility index (Phi) is 5.91. The number of pyridine rings is 1. The average Bonchev–Trinajstić information content (AvgIpc) is 2.67. The first-order valence-electron chi connectivity index (χ1n) is 9.08. The van der Waals surface area contributed by atoms with Gasteiger partial charge in [0.15, 0.2) is 0 Å². The summed E-state index contributed by atoms with van der Waals surface area (Å²) in [7, 11) is 1.65. The number of carbonyl (C=O) groups is 1. The molecule has 1 amide bonds. The van der Waals surface area contributed by atoms with Crippen molar-refractivity contribution >= 4 is 16.8 Å². The average molecular weight is 364 g/mol. The molecule has 0 aliphatic rings. The number of carbonyl (C=O) groups excluding carboxylic acids is 1. The van der Waals surface area contributed by atoms with Gasteiger partial charge in [0, 0.05) is 24.0 Å². The van der Waals surface area contributed by atoms with E-state index in [1.807, 2.05) is 48.5 Å². The molecule has 1 aromatic heterocycles. The Morgan fingerprint density at radius 2 is 1.93 bits per heavy atom. The van der Waals surface area contributed by atoms with Crippen LogP contribution < -0.4 is 15.6 Å². The van der Waals surface area contributed by atoms with E-state index in [0.717, 1.165) is 34.2 Å². The first-order chi connectivity index (χ1) is 13.1. The second-order valence-corrected chi connectivity index (χ2v) is 6.61. The topological polar surface area (TPSA) is 71.2 Å². The van der Waals surface area contributed by atoms with Crippen molar-refractivity contribution < 1.29 is 9.53 Å². The number of methoxy groups -OCH3 is 1. The van der Waals surface area contributed by atoms with Crippen LogP contribution in [0.3, 0.4) is 0 Å². The molecule has 0 unspecified atom stereocenters. The number of aryl methyl sites for hydroxylation is 2. The van der Waals surface area contributed by atoms with Gasteiger partial charge in [0.05, 0.1) is 7.11 Å². The molecule has 2 N–H and O–H groups in total. The van der Waals surface area contributed by atoms with Gasteiger partial charge in [0.25, 0.3) is 5.56 Å². The molecule has 0 aliphatic carbocycles. The zero-order chi connectivity index (χ0) is 19.2. The molecule has 5 heteroatoms. The Morgan fingerprint density at radius 3 is 2.74 bits per heavy atom. The molecular weight excluding hydrogens is 340 g/mol. The number of amides is 1. The summed E-state index contributed by atoms with van der Waals surface area (Å²) in [5, 5.41) is 3.95. The van der Waals surface area contributed by atoms with Gasteiger partial charge in [-0.2, -0.15) is 0 Å². The molecule has 1 heterocycles. The van der Waals surface area contributed by atoms with Crippen molar-refractivity contribution in [3.05, 3.63) is 75.6 Å². The first-order valence-corrected chi connectivity index (χ1v) is 9.08. The number of H-pyrrole nitrogens is 1. The van der Waals surface area contributed by atoms with Gasteiger partial charge in [-0.05, 0) is 54.5 Å². The largest absolute Gasteiger partial charge is 0.496 e. The van der Waals surface area contributed by atoms with E-state index in [2.05, 4.69) is 10.3 Å². The number of fused-ring (bicyclic) bond motifs is 1. The van der Waals surface area contributed by atoms with E-state index in [4.69, 9.17) is 4.74 Å². The summed E-state index contributed by atoms with van der Waals surface area (Å²) in [5.41, 5.74) is 3.54. The minimum absolute atomic E-state index is 0.0161. The van der Waals surface area contributed by atoms with Crippen LogP contribution in [0.25, 0.3) is 10.9 Å². The SMILES string of the molecule is COc1ccccc1CCNC(=O)CCc1ccc2cc(C)c(=O)[nH]c2c1. The fourth-order valence-corrected chi connectivity index (χ4v) is 3.11. The maximum atomic E-state index is 12.1. The lowest BCUT2D eigenvalue weighted by atomic mass is 10.1. The molecule has 0 atom stereocenters. The zero-order valence-corrected chi connectivity index (χ0v) is 15.7. The third-order valence-corrected chi connectivity index (χ3v) is 4.65. The Labute approximate surface area is 158 Å². The first kappa shape index (κ1) is 18.7. The summed E-state index contributed by atoms with van der Waals surface area (Å²) < 4.78 is 5.32. The molecule has 0 aliphatic heterocycles. The Bertz CT molecular complexity index is 1010. The molecule has 0 saturated heterocycles. The predicted octanol–water partition coefficient (Wildman–Crippen LogP) is 3.14. The molecule has 0 saturated carbocycles. The summed E-state index contributed by atoms with van der Waals surface area (Å²) in [4.78, 5) is 26.8. The van der Waals surface area contributed by atoms with Gasteiger partial charge >= 0.3 is 0 Å². The molecule has 0 fully saturated rings. The second-order valence-electron chi connectivity index (χ2n) is 6.61. The predicted molar refractivity (Wildman–Crippen MR) is 107 cm³/mol. The lowest BCUT2D eigenvalue weighted by molar-refractivity contribution is -0.121. The van der Waals surface area contributed by atoms with Crippen molar-refractivity contribution in [3.63, 3.8) is 0 Å².